The molecule has 1 rings (SSSR count). The van der Waals surface area contributed by atoms with Crippen molar-refractivity contribution >= 4 is 16.6 Å². The molecular weight excluding hydrogens is 147 g/mol. The van der Waals surface area contributed by atoms with Crippen LogP contribution in [0.3, 0.4) is 0 Å². The normalized spacial score (nSPS) is 7.00. The van der Waals surface area contributed by atoms with Crippen molar-refractivity contribution in [3.63, 3.8) is 0 Å². The maximum Gasteiger partial charge on any atom is -0.870 e. The van der Waals surface area contributed by atoms with Gasteiger partial charge in [-0.3, -0.25) is 0 Å². The molecule has 0 heterocycles. The van der Waals surface area contributed by atoms with Crippen molar-refractivity contribution in [3.8, 4) is 5.75 Å². The predicted molar refractivity (Wildman–Crippen MR) is 36.7 cm³/mol. The van der Waals surface area contributed by atoms with E-state index < -0.39 is 0 Å². The molecule has 0 fully saturated rings. The molecule has 3 nitrogen and oxygen atoms in total. The Balaban J connectivity index is 0. The van der Waals surface area contributed by atoms with Crippen molar-refractivity contribution < 1.29 is 14.7 Å². The van der Waals surface area contributed by atoms with Crippen LogP contribution in [0.2, 0.25) is 0 Å². The molecule has 0 amide bonds. The second kappa shape index (κ2) is 6.59. The van der Waals surface area contributed by atoms with E-state index in [-0.39, 0.29) is 11.0 Å². The van der Waals surface area contributed by atoms with Gasteiger partial charge in [0.1, 0.15) is 0 Å². The molecular formula is C6H7AlO3. The minimum atomic E-state index is 0. The van der Waals surface area contributed by atoms with Crippen LogP contribution in [0.25, 0.3) is 0 Å². The van der Waals surface area contributed by atoms with E-state index >= 15 is 0 Å². The molecule has 0 aliphatic rings. The number of para-hydroxylation sites is 1. The zero-order valence-corrected chi connectivity index (χ0v) is 6.42. The van der Waals surface area contributed by atoms with E-state index in [4.69, 9.17) is 3.79 Å². The van der Waals surface area contributed by atoms with Crippen LogP contribution in [0, 0.1) is 0 Å². The van der Waals surface area contributed by atoms with Crippen molar-refractivity contribution in [1.82, 2.24) is 0 Å². The second-order valence-corrected chi connectivity index (χ2v) is 1.67. The van der Waals surface area contributed by atoms with Gasteiger partial charge in [0.2, 0.25) is 0 Å². The fourth-order valence-electron chi connectivity index (χ4n) is 0.499. The Kier molecular flexibility index (Phi) is 8.03. The monoisotopic (exact) mass is 154 g/mol. The summed E-state index contributed by atoms with van der Waals surface area (Å²) in [4.78, 5) is 0. The molecule has 0 saturated carbocycles. The number of hydrogen-bond donors (Lipinski definition) is 0. The van der Waals surface area contributed by atoms with Crippen molar-refractivity contribution in [3.05, 3.63) is 30.3 Å². The Morgan fingerprint density at radius 1 is 1.00 bits per heavy atom. The Bertz CT molecular complexity index is 154. The molecule has 0 unspecified atom stereocenters. The molecule has 52 valence electrons. The second-order valence-electron chi connectivity index (χ2n) is 1.43. The molecule has 0 atom stereocenters. The first kappa shape index (κ1) is 12.2. The van der Waals surface area contributed by atoms with Crippen LogP contribution in [0.5, 0.6) is 5.75 Å². The van der Waals surface area contributed by atoms with Gasteiger partial charge >= 0.3 is 56.5 Å². The van der Waals surface area contributed by atoms with Crippen LogP contribution in [0.1, 0.15) is 0 Å². The van der Waals surface area contributed by atoms with Gasteiger partial charge in [-0.2, -0.15) is 0 Å². The maximum absolute atomic E-state index is 4.83. The average molecular weight is 154 g/mol. The van der Waals surface area contributed by atoms with Gasteiger partial charge in [-0.15, -0.1) is 0 Å². The summed E-state index contributed by atoms with van der Waals surface area (Å²) in [6.07, 6.45) is 0. The van der Waals surface area contributed by atoms with Crippen molar-refractivity contribution in [2.24, 2.45) is 0 Å². The van der Waals surface area contributed by atoms with E-state index in [1.807, 2.05) is 30.3 Å². The van der Waals surface area contributed by atoms with Crippen LogP contribution >= 0.6 is 0 Å². The average Bonchev–Trinajstić information content (AvgIpc) is 1.90. The van der Waals surface area contributed by atoms with E-state index in [1.165, 1.54) is 0 Å². The van der Waals surface area contributed by atoms with Gasteiger partial charge in [-0.25, -0.2) is 0 Å². The van der Waals surface area contributed by atoms with Gasteiger partial charge in [-0.05, 0) is 0 Å². The first-order valence-corrected chi connectivity index (χ1v) is 2.82. The minimum absolute atomic E-state index is 0. The fraction of sp³-hybridized carbons (Fsp3) is 0. The Labute approximate surface area is 68.0 Å². The smallest absolute Gasteiger partial charge is 0.870 e. The third kappa shape index (κ3) is 3.49. The van der Waals surface area contributed by atoms with Crippen LogP contribution in [-0.4, -0.2) is 27.6 Å². The molecule has 0 saturated heterocycles. The Morgan fingerprint density at radius 2 is 1.50 bits per heavy atom. The summed E-state index contributed by atoms with van der Waals surface area (Å²) in [7, 11) is 0. The fourth-order valence-corrected chi connectivity index (χ4v) is 0.656. The van der Waals surface area contributed by atoms with Crippen LogP contribution in [0.4, 0.5) is 0 Å². The van der Waals surface area contributed by atoms with Crippen molar-refractivity contribution in [2.45, 2.75) is 0 Å². The van der Waals surface area contributed by atoms with Gasteiger partial charge in [0.25, 0.3) is 0 Å². The number of hydrogen-bond acceptors (Lipinski definition) is 3. The number of benzene rings is 1. The van der Waals surface area contributed by atoms with Crippen LogP contribution in [-0.2, 0) is 0 Å². The Hall–Kier alpha value is -0.528. The van der Waals surface area contributed by atoms with Gasteiger partial charge in [0.15, 0.2) is 0 Å². The molecule has 10 heavy (non-hydrogen) atoms. The standard InChI is InChI=1S/C6H6O.Al.2H2O/c7-6-4-2-1-3-5-6;;;/h1-5,7H;;2*1H2/q;+3;;/p-3. The third-order valence-corrected chi connectivity index (χ3v) is 1.15. The molecule has 0 radical (unpaired) electrons. The summed E-state index contributed by atoms with van der Waals surface area (Å²) in [5.41, 5.74) is 0. The van der Waals surface area contributed by atoms with Gasteiger partial charge in [-0.1, -0.05) is 0 Å². The van der Waals surface area contributed by atoms with E-state index in [1.54, 1.807) is 0 Å². The summed E-state index contributed by atoms with van der Waals surface area (Å²) >= 11 is 2.19. The van der Waals surface area contributed by atoms with E-state index in [0.29, 0.717) is 0 Å². The topological polar surface area (TPSA) is 69.2 Å². The van der Waals surface area contributed by atoms with Crippen LogP contribution in [0.15, 0.2) is 30.3 Å². The van der Waals surface area contributed by atoms with Gasteiger partial charge in [0, 0.05) is 0 Å². The maximum atomic E-state index is 4.83. The molecule has 2 N–H and O–H groups in total. The molecule has 4 heteroatoms. The molecule has 0 aliphatic heterocycles. The van der Waals surface area contributed by atoms with Gasteiger partial charge in [0.05, 0.1) is 0 Å². The molecule has 0 aromatic heterocycles. The van der Waals surface area contributed by atoms with Crippen molar-refractivity contribution in [1.29, 1.82) is 0 Å². The Morgan fingerprint density at radius 3 is 1.80 bits per heavy atom. The zero-order valence-electron chi connectivity index (χ0n) is 5.27. The molecule has 0 spiro atoms. The van der Waals surface area contributed by atoms with E-state index in [0.717, 1.165) is 5.75 Å². The quantitative estimate of drug-likeness (QED) is 0.561. The first-order chi connectivity index (χ1) is 3.93. The summed E-state index contributed by atoms with van der Waals surface area (Å²) in [5.74, 6) is 0.873. The molecule has 1 aromatic rings. The summed E-state index contributed by atoms with van der Waals surface area (Å²) in [6.45, 7) is 0. The summed E-state index contributed by atoms with van der Waals surface area (Å²) in [5, 5.41) is 0. The zero-order chi connectivity index (χ0) is 5.82. The summed E-state index contributed by atoms with van der Waals surface area (Å²) < 4.78 is 4.83. The number of rotatable bonds is 1. The molecule has 1 aromatic carbocycles. The third-order valence-electron chi connectivity index (χ3n) is 0.879. The van der Waals surface area contributed by atoms with E-state index in [9.17, 15) is 0 Å². The molecule has 0 aliphatic carbocycles. The summed E-state index contributed by atoms with van der Waals surface area (Å²) in [6, 6.07) is 9.60. The van der Waals surface area contributed by atoms with Crippen LogP contribution < -0.4 is 3.79 Å². The SMILES string of the molecule is [Al+2][O]c1ccccc1.[OH-].[OH-]. The predicted octanol–water partition coefficient (Wildman–Crippen LogP) is 0.795. The van der Waals surface area contributed by atoms with Crippen molar-refractivity contribution in [2.75, 3.05) is 0 Å². The molecule has 0 bridgehead atoms. The largest absolute Gasteiger partial charge is 0.870 e. The minimum Gasteiger partial charge on any atom is -0.870 e. The first-order valence-electron chi connectivity index (χ1n) is 2.35. The van der Waals surface area contributed by atoms with E-state index in [2.05, 4.69) is 16.6 Å². The van der Waals surface area contributed by atoms with Gasteiger partial charge < -0.3 is 11.0 Å².